The van der Waals surface area contributed by atoms with Crippen molar-refractivity contribution >= 4 is 34.5 Å². The van der Waals surface area contributed by atoms with Crippen LogP contribution in [0.2, 0.25) is 4.34 Å². The lowest BCUT2D eigenvalue weighted by Crippen LogP contribution is -2.30. The second-order valence-electron chi connectivity index (χ2n) is 4.92. The van der Waals surface area contributed by atoms with Gasteiger partial charge in [-0.2, -0.15) is 0 Å². The van der Waals surface area contributed by atoms with Crippen LogP contribution < -0.4 is 5.56 Å². The zero-order valence-corrected chi connectivity index (χ0v) is 12.7. The lowest BCUT2D eigenvalue weighted by molar-refractivity contribution is 0.0951. The average Bonchev–Trinajstić information content (AvgIpc) is 2.89. The van der Waals surface area contributed by atoms with Crippen LogP contribution in [0.3, 0.4) is 0 Å². The van der Waals surface area contributed by atoms with Gasteiger partial charge in [0.2, 0.25) is 0 Å². The number of pyridine rings is 1. The molecule has 0 saturated heterocycles. The lowest BCUT2D eigenvalue weighted by Gasteiger charge is -2.19. The normalized spacial score (nSPS) is 14.0. The molecule has 0 radical (unpaired) electrons. The largest absolute Gasteiger partial charge is 0.304 e. The Morgan fingerprint density at radius 1 is 1.19 bits per heavy atom. The molecule has 2 aromatic rings. The first-order chi connectivity index (χ1) is 10.1. The van der Waals surface area contributed by atoms with Gasteiger partial charge in [0, 0.05) is 23.7 Å². The summed E-state index contributed by atoms with van der Waals surface area (Å²) in [5.41, 5.74) is 0.993. The Bertz CT molecular complexity index is 790. The van der Waals surface area contributed by atoms with E-state index in [4.69, 9.17) is 11.6 Å². The molecule has 4 nitrogen and oxygen atoms in total. The number of thiophene rings is 1. The van der Waals surface area contributed by atoms with E-state index in [1.165, 1.54) is 22.0 Å². The molecule has 0 saturated carbocycles. The van der Waals surface area contributed by atoms with Gasteiger partial charge < -0.3 is 4.57 Å². The fourth-order valence-corrected chi connectivity index (χ4v) is 3.53. The fraction of sp³-hybridized carbons (Fsp3) is 0.267. The fourth-order valence-electron chi connectivity index (χ4n) is 2.55. The van der Waals surface area contributed by atoms with Crippen LogP contribution in [0.1, 0.15) is 38.6 Å². The summed E-state index contributed by atoms with van der Waals surface area (Å²) >= 11 is 7.02. The Kier molecular flexibility index (Phi) is 3.78. The second-order valence-corrected chi connectivity index (χ2v) is 6.64. The highest BCUT2D eigenvalue weighted by molar-refractivity contribution is 7.18. The van der Waals surface area contributed by atoms with Crippen molar-refractivity contribution in [1.29, 1.82) is 0 Å². The third-order valence-corrected chi connectivity index (χ3v) is 4.84. The van der Waals surface area contributed by atoms with Crippen LogP contribution in [-0.4, -0.2) is 16.1 Å². The van der Waals surface area contributed by atoms with Gasteiger partial charge in [0.1, 0.15) is 0 Å². The minimum absolute atomic E-state index is 0.0385. The molecule has 108 valence electrons. The molecule has 3 rings (SSSR count). The number of halogens is 1. The zero-order valence-electron chi connectivity index (χ0n) is 11.1. The summed E-state index contributed by atoms with van der Waals surface area (Å²) in [4.78, 5) is 36.7. The summed E-state index contributed by atoms with van der Waals surface area (Å²) in [6, 6.07) is 6.24. The first kappa shape index (κ1) is 14.2. The van der Waals surface area contributed by atoms with E-state index in [0.717, 1.165) is 0 Å². The number of carbonyl (C=O) groups is 2. The minimum Gasteiger partial charge on any atom is -0.304 e. The third kappa shape index (κ3) is 2.71. The molecule has 6 heteroatoms. The van der Waals surface area contributed by atoms with Gasteiger partial charge in [-0.3, -0.25) is 14.4 Å². The van der Waals surface area contributed by atoms with E-state index in [1.807, 2.05) is 0 Å². The Morgan fingerprint density at radius 2 is 2.00 bits per heavy atom. The summed E-state index contributed by atoms with van der Waals surface area (Å²) in [7, 11) is 0. The number of rotatable bonds is 3. The van der Waals surface area contributed by atoms with Gasteiger partial charge in [-0.25, -0.2) is 0 Å². The maximum Gasteiger partial charge on any atom is 0.251 e. The molecule has 0 spiro atoms. The molecule has 0 atom stereocenters. The molecular formula is C15H12ClNO3S. The van der Waals surface area contributed by atoms with Crippen molar-refractivity contribution in [3.63, 3.8) is 0 Å². The van der Waals surface area contributed by atoms with Crippen LogP contribution in [0.25, 0.3) is 0 Å². The molecule has 2 heterocycles. The van der Waals surface area contributed by atoms with Crippen molar-refractivity contribution < 1.29 is 9.59 Å². The monoisotopic (exact) mass is 321 g/mol. The first-order valence-electron chi connectivity index (χ1n) is 6.61. The highest BCUT2D eigenvalue weighted by atomic mass is 35.5. The summed E-state index contributed by atoms with van der Waals surface area (Å²) in [5, 5.41) is 0. The van der Waals surface area contributed by atoms with Crippen LogP contribution in [0.4, 0.5) is 0 Å². The predicted molar refractivity (Wildman–Crippen MR) is 81.6 cm³/mol. The average molecular weight is 322 g/mol. The van der Waals surface area contributed by atoms with E-state index in [-0.39, 0.29) is 23.7 Å². The molecule has 1 aliphatic rings. The molecular weight excluding hydrogens is 310 g/mol. The molecule has 0 aliphatic heterocycles. The molecule has 0 bridgehead atoms. The maximum atomic E-state index is 12.3. The smallest absolute Gasteiger partial charge is 0.251 e. The van der Waals surface area contributed by atoms with E-state index in [1.54, 1.807) is 18.2 Å². The summed E-state index contributed by atoms with van der Waals surface area (Å²) in [6.07, 6.45) is 1.86. The number of nitrogens with zero attached hydrogens (tertiary/aromatic N) is 1. The molecule has 21 heavy (non-hydrogen) atoms. The standard InChI is InChI=1S/C15H12ClNO3S/c16-14-6-5-13(21-14)12(19)8-17-10-2-1-3-11(18)9(10)4-7-15(17)20/h4-7H,1-3,8H2. The molecule has 1 aliphatic carbocycles. The molecule has 0 fully saturated rings. The van der Waals surface area contributed by atoms with Crippen molar-refractivity contribution in [3.05, 3.63) is 55.1 Å². The predicted octanol–water partition coefficient (Wildman–Crippen LogP) is 2.97. The summed E-state index contributed by atoms with van der Waals surface area (Å²) in [6.45, 7) is -0.0495. The first-order valence-corrected chi connectivity index (χ1v) is 7.80. The molecule has 0 amide bonds. The molecule has 0 unspecified atom stereocenters. The van der Waals surface area contributed by atoms with E-state index >= 15 is 0 Å². The minimum atomic E-state index is -0.251. The van der Waals surface area contributed by atoms with Crippen LogP contribution >= 0.6 is 22.9 Å². The van der Waals surface area contributed by atoms with Gasteiger partial charge >= 0.3 is 0 Å². The van der Waals surface area contributed by atoms with Gasteiger partial charge in [0.15, 0.2) is 11.6 Å². The zero-order chi connectivity index (χ0) is 15.0. The van der Waals surface area contributed by atoms with E-state index in [0.29, 0.717) is 39.7 Å². The van der Waals surface area contributed by atoms with E-state index in [9.17, 15) is 14.4 Å². The van der Waals surface area contributed by atoms with Gasteiger partial charge in [-0.05, 0) is 31.0 Å². The van der Waals surface area contributed by atoms with Gasteiger partial charge in [-0.15, -0.1) is 11.3 Å². The SMILES string of the molecule is O=C(Cn1c2c(ccc1=O)C(=O)CCC2)c1ccc(Cl)s1. The Hall–Kier alpha value is -1.72. The van der Waals surface area contributed by atoms with E-state index < -0.39 is 0 Å². The number of fused-ring (bicyclic) bond motifs is 1. The number of ketones is 2. The van der Waals surface area contributed by atoms with Crippen LogP contribution in [0, 0.1) is 0 Å². The second kappa shape index (κ2) is 5.58. The van der Waals surface area contributed by atoms with Crippen molar-refractivity contribution in [2.24, 2.45) is 0 Å². The van der Waals surface area contributed by atoms with Crippen molar-refractivity contribution in [3.8, 4) is 0 Å². The highest BCUT2D eigenvalue weighted by Gasteiger charge is 2.22. The van der Waals surface area contributed by atoms with Gasteiger partial charge in [-0.1, -0.05) is 11.6 Å². The number of Topliss-reactive ketones (excluding diaryl/α,β-unsaturated/α-hetero) is 2. The molecule has 2 aromatic heterocycles. The lowest BCUT2D eigenvalue weighted by atomic mass is 9.94. The van der Waals surface area contributed by atoms with Crippen LogP contribution in [0.15, 0.2) is 29.1 Å². The van der Waals surface area contributed by atoms with Gasteiger partial charge in [0.25, 0.3) is 5.56 Å². The number of hydrogen-bond donors (Lipinski definition) is 0. The summed E-state index contributed by atoms with van der Waals surface area (Å²) < 4.78 is 1.96. The van der Waals surface area contributed by atoms with E-state index in [2.05, 4.69) is 0 Å². The number of aromatic nitrogens is 1. The maximum absolute atomic E-state index is 12.3. The highest BCUT2D eigenvalue weighted by Crippen LogP contribution is 2.23. The quantitative estimate of drug-likeness (QED) is 0.817. The molecule has 0 N–H and O–H groups in total. The molecule has 0 aromatic carbocycles. The van der Waals surface area contributed by atoms with Crippen LogP contribution in [0.5, 0.6) is 0 Å². The third-order valence-electron chi connectivity index (χ3n) is 3.56. The summed E-state index contributed by atoms with van der Waals surface area (Å²) in [5.74, 6) is -0.128. The topological polar surface area (TPSA) is 56.1 Å². The van der Waals surface area contributed by atoms with Crippen molar-refractivity contribution in [2.75, 3.05) is 0 Å². The van der Waals surface area contributed by atoms with Crippen molar-refractivity contribution in [1.82, 2.24) is 4.57 Å². The van der Waals surface area contributed by atoms with Gasteiger partial charge in [0.05, 0.1) is 15.8 Å². The van der Waals surface area contributed by atoms with Crippen molar-refractivity contribution in [2.45, 2.75) is 25.8 Å². The number of hydrogen-bond acceptors (Lipinski definition) is 4. The Balaban J connectivity index is 1.99. The Morgan fingerprint density at radius 3 is 2.71 bits per heavy atom. The van der Waals surface area contributed by atoms with Crippen LogP contribution in [-0.2, 0) is 13.0 Å². The number of carbonyl (C=O) groups excluding carboxylic acids is 2. The Labute approximate surface area is 130 Å².